The van der Waals surface area contributed by atoms with Crippen LogP contribution in [0.1, 0.15) is 0 Å². The van der Waals surface area contributed by atoms with Gasteiger partial charge in [0.05, 0.1) is 0 Å². The minimum atomic E-state index is -3.30. The molecular weight excluding hydrogens is 278 g/mol. The van der Waals surface area contributed by atoms with Gasteiger partial charge in [-0.05, 0) is 11.0 Å². The smallest absolute Gasteiger partial charge is 0.286 e. The Hall–Kier alpha value is -1.00. The van der Waals surface area contributed by atoms with Crippen LogP contribution >= 0.6 is 11.8 Å². The van der Waals surface area contributed by atoms with Crippen molar-refractivity contribution in [3.63, 3.8) is 0 Å². The molecule has 102 valence electrons. The third-order valence-corrected chi connectivity index (χ3v) is 6.51. The molecule has 18 heavy (non-hydrogen) atoms. The van der Waals surface area contributed by atoms with E-state index in [1.807, 2.05) is 0 Å². The van der Waals surface area contributed by atoms with Gasteiger partial charge in [-0.2, -0.15) is 0 Å². The molecule has 0 amide bonds. The second-order valence-corrected chi connectivity index (χ2v) is 7.97. The molecular formula is C8H15N5O3S2. The molecule has 1 aliphatic heterocycles. The zero-order valence-corrected chi connectivity index (χ0v) is 11.7. The van der Waals surface area contributed by atoms with Crippen molar-refractivity contribution in [3.05, 3.63) is 11.8 Å². The normalized spacial score (nSPS) is 21.5. The van der Waals surface area contributed by atoms with E-state index in [-0.39, 0.29) is 5.55 Å². The second-order valence-electron chi connectivity index (χ2n) is 4.03. The Morgan fingerprint density at radius 1 is 1.67 bits per heavy atom. The van der Waals surface area contributed by atoms with Crippen LogP contribution in [-0.4, -0.2) is 50.2 Å². The van der Waals surface area contributed by atoms with Gasteiger partial charge in [-0.1, -0.05) is 4.79 Å². The van der Waals surface area contributed by atoms with Crippen molar-refractivity contribution in [2.75, 3.05) is 37.9 Å². The summed E-state index contributed by atoms with van der Waals surface area (Å²) < 4.78 is 29.5. The number of aromatic nitrogens is 2. The van der Waals surface area contributed by atoms with Gasteiger partial charge in [0.1, 0.15) is 4.58 Å². The Kier molecular flexibility index (Phi) is 3.69. The first-order valence-corrected chi connectivity index (χ1v) is 7.85. The molecule has 0 aromatic carbocycles. The molecule has 1 N–H and O–H groups in total. The number of sulfonamides is 1. The van der Waals surface area contributed by atoms with E-state index in [0.717, 1.165) is 0 Å². The highest BCUT2D eigenvalue weighted by Crippen LogP contribution is 2.23. The molecule has 0 bridgehead atoms. The summed E-state index contributed by atoms with van der Waals surface area (Å²) in [5.41, 5.74) is -0.0553. The van der Waals surface area contributed by atoms with Gasteiger partial charge in [0.15, 0.2) is 0 Å². The van der Waals surface area contributed by atoms with Crippen LogP contribution in [0.25, 0.3) is 0 Å². The molecule has 8 nitrogen and oxygen atoms in total. The lowest BCUT2D eigenvalue weighted by Gasteiger charge is -2.33. The first-order chi connectivity index (χ1) is 8.41. The van der Waals surface area contributed by atoms with Gasteiger partial charge in [-0.3, -0.25) is 10.4 Å². The number of hydrogen-bond acceptors (Lipinski definition) is 6. The molecule has 1 atom stereocenters. The predicted molar refractivity (Wildman–Crippen MR) is 64.9 cm³/mol. The number of nitrogens with one attached hydrogen (secondary N) is 1. The van der Waals surface area contributed by atoms with E-state index < -0.39 is 14.6 Å². The van der Waals surface area contributed by atoms with Crippen molar-refractivity contribution in [3.8, 4) is 0 Å². The summed E-state index contributed by atoms with van der Waals surface area (Å²) in [7, 11) is -0.242. The first-order valence-electron chi connectivity index (χ1n) is 5.29. The van der Waals surface area contributed by atoms with E-state index in [4.69, 9.17) is 5.41 Å². The van der Waals surface area contributed by atoms with Crippen molar-refractivity contribution < 1.29 is 17.7 Å². The zero-order valence-electron chi connectivity index (χ0n) is 10.1. The number of hydrogen-bond donors (Lipinski definition) is 1. The zero-order chi connectivity index (χ0) is 13.3. The molecule has 1 aromatic heterocycles. The topological polar surface area (TPSA) is 95.6 Å². The maximum atomic E-state index is 12.1. The molecule has 0 radical (unpaired) electrons. The Morgan fingerprint density at radius 3 is 2.94 bits per heavy atom. The lowest BCUT2D eigenvalue weighted by molar-refractivity contribution is -0.763. The van der Waals surface area contributed by atoms with Crippen molar-refractivity contribution in [2.24, 2.45) is 0 Å². The minimum Gasteiger partial charge on any atom is -0.380 e. The van der Waals surface area contributed by atoms with Crippen LogP contribution < -0.4 is 20.6 Å². The van der Waals surface area contributed by atoms with E-state index in [9.17, 15) is 8.42 Å². The quantitative estimate of drug-likeness (QED) is 0.642. The SMILES string of the molecule is CN(C)S(=O)(=O)C1CN([n+]2cc(=N)o[n-]2)CCS1. The second kappa shape index (κ2) is 4.94. The number of thioether (sulfide) groups is 1. The molecule has 2 rings (SSSR count). The maximum Gasteiger partial charge on any atom is 0.286 e. The molecule has 1 unspecified atom stereocenters. The molecule has 1 aliphatic rings. The lowest BCUT2D eigenvalue weighted by Crippen LogP contribution is -2.65. The largest absolute Gasteiger partial charge is 0.380 e. The fraction of sp³-hybridized carbons (Fsp3) is 0.750. The Balaban J connectivity index is 2.17. The Morgan fingerprint density at radius 2 is 2.39 bits per heavy atom. The van der Waals surface area contributed by atoms with Gasteiger partial charge >= 0.3 is 0 Å². The van der Waals surface area contributed by atoms with Crippen LogP contribution in [0.2, 0.25) is 0 Å². The predicted octanol–water partition coefficient (Wildman–Crippen LogP) is -2.09. The van der Waals surface area contributed by atoms with Gasteiger partial charge in [-0.25, -0.2) is 12.7 Å². The van der Waals surface area contributed by atoms with Crippen LogP contribution in [0.15, 0.2) is 10.7 Å². The average Bonchev–Trinajstić information content (AvgIpc) is 2.76. The van der Waals surface area contributed by atoms with Crippen LogP contribution in [-0.2, 0) is 10.0 Å². The molecule has 1 aromatic rings. The minimum absolute atomic E-state index is 0.0553. The lowest BCUT2D eigenvalue weighted by atomic mass is 10.6. The third kappa shape index (κ3) is 2.54. The highest BCUT2D eigenvalue weighted by molar-refractivity contribution is 8.12. The van der Waals surface area contributed by atoms with E-state index in [2.05, 4.69) is 9.79 Å². The number of rotatable bonds is 3. The highest BCUT2D eigenvalue weighted by Gasteiger charge is 2.33. The highest BCUT2D eigenvalue weighted by atomic mass is 32.3. The summed E-state index contributed by atoms with van der Waals surface area (Å²) in [6, 6.07) is 0. The van der Waals surface area contributed by atoms with Gasteiger partial charge in [-0.15, -0.1) is 11.8 Å². The fourth-order valence-corrected chi connectivity index (χ4v) is 4.76. The monoisotopic (exact) mass is 293 g/mol. The third-order valence-electron chi connectivity index (χ3n) is 2.60. The van der Waals surface area contributed by atoms with Gasteiger partial charge in [0.2, 0.25) is 10.0 Å². The summed E-state index contributed by atoms with van der Waals surface area (Å²) >= 11 is 1.41. The molecule has 2 heterocycles. The number of nitrogens with zero attached hydrogens (tertiary/aromatic N) is 4. The van der Waals surface area contributed by atoms with Crippen molar-refractivity contribution in [2.45, 2.75) is 4.58 Å². The summed E-state index contributed by atoms with van der Waals surface area (Å²) in [4.78, 5) is 1.39. The standard InChI is InChI=1S/C8H15N5O3S2/c1-11(2)18(14,15)8-6-12(3-4-17-8)13-5-7(9)16-10-13/h5,8-9H,3-4,6H2,1-2H3. The van der Waals surface area contributed by atoms with E-state index in [0.29, 0.717) is 18.8 Å². The van der Waals surface area contributed by atoms with Gasteiger partial charge < -0.3 is 4.52 Å². The molecule has 0 saturated carbocycles. The molecule has 10 heteroatoms. The van der Waals surface area contributed by atoms with Crippen LogP contribution in [0.4, 0.5) is 0 Å². The van der Waals surface area contributed by atoms with Crippen LogP contribution in [0, 0.1) is 5.41 Å². The molecule has 0 spiro atoms. The summed E-state index contributed by atoms with van der Waals surface area (Å²) in [5, 5.41) is 12.7. The van der Waals surface area contributed by atoms with Crippen LogP contribution in [0.3, 0.4) is 0 Å². The fourth-order valence-electron chi connectivity index (χ4n) is 1.58. The summed E-state index contributed by atoms with van der Waals surface area (Å²) in [6.45, 7) is 0.989. The Bertz CT molecular complexity index is 563. The Labute approximate surface area is 109 Å². The van der Waals surface area contributed by atoms with E-state index in [1.165, 1.54) is 41.2 Å². The van der Waals surface area contributed by atoms with Crippen LogP contribution in [0.5, 0.6) is 0 Å². The van der Waals surface area contributed by atoms with E-state index in [1.54, 1.807) is 5.01 Å². The van der Waals surface area contributed by atoms with Gasteiger partial charge in [0, 0.05) is 27.2 Å². The summed E-state index contributed by atoms with van der Waals surface area (Å²) in [5.74, 6) is 0.685. The molecule has 1 fully saturated rings. The first kappa shape index (κ1) is 13.4. The maximum absolute atomic E-state index is 12.1. The van der Waals surface area contributed by atoms with Crippen molar-refractivity contribution in [1.29, 1.82) is 5.41 Å². The van der Waals surface area contributed by atoms with Crippen molar-refractivity contribution in [1.82, 2.24) is 9.58 Å². The van der Waals surface area contributed by atoms with E-state index >= 15 is 0 Å². The molecule has 0 aliphatic carbocycles. The molecule has 1 saturated heterocycles. The van der Waals surface area contributed by atoms with Gasteiger partial charge in [0.25, 0.3) is 11.8 Å². The summed E-state index contributed by atoms with van der Waals surface area (Å²) in [6.07, 6.45) is 1.41. The van der Waals surface area contributed by atoms with Crippen molar-refractivity contribution >= 4 is 21.8 Å². The average molecular weight is 293 g/mol.